The first-order valence-corrected chi connectivity index (χ1v) is 9.46. The second-order valence-corrected chi connectivity index (χ2v) is 7.01. The van der Waals surface area contributed by atoms with Gasteiger partial charge in [-0.25, -0.2) is 4.98 Å². The van der Waals surface area contributed by atoms with Gasteiger partial charge in [-0.3, -0.25) is 4.79 Å². The fourth-order valence-corrected chi connectivity index (χ4v) is 3.35. The van der Waals surface area contributed by atoms with E-state index in [2.05, 4.69) is 22.4 Å². The molecule has 0 aliphatic heterocycles. The van der Waals surface area contributed by atoms with Crippen LogP contribution in [-0.4, -0.2) is 25.1 Å². The van der Waals surface area contributed by atoms with Crippen LogP contribution >= 0.6 is 0 Å². The average Bonchev–Trinajstić information content (AvgIpc) is 3.17. The van der Waals surface area contributed by atoms with Gasteiger partial charge in [-0.1, -0.05) is 17.7 Å². The molecule has 3 aromatic rings. The van der Waals surface area contributed by atoms with Gasteiger partial charge in [0.1, 0.15) is 11.5 Å². The highest BCUT2D eigenvalue weighted by molar-refractivity contribution is 5.92. The van der Waals surface area contributed by atoms with Crippen LogP contribution in [0.5, 0.6) is 11.5 Å². The first-order chi connectivity index (χ1) is 13.9. The second kappa shape index (κ2) is 8.82. The number of nitrogens with one attached hydrogen (secondary N) is 1. The van der Waals surface area contributed by atoms with Crippen LogP contribution in [0.1, 0.15) is 29.0 Å². The molecule has 0 saturated carbocycles. The number of hydrogen-bond acceptors (Lipinski definition) is 5. The summed E-state index contributed by atoms with van der Waals surface area (Å²) in [7, 11) is 3.20. The Labute approximate surface area is 170 Å². The van der Waals surface area contributed by atoms with Gasteiger partial charge >= 0.3 is 0 Å². The summed E-state index contributed by atoms with van der Waals surface area (Å²) in [6.45, 7) is 6.04. The van der Waals surface area contributed by atoms with Gasteiger partial charge in [-0.2, -0.15) is 0 Å². The minimum Gasteiger partial charge on any atom is -0.497 e. The molecular formula is C23H26N2O4. The lowest BCUT2D eigenvalue weighted by atomic mass is 10.0. The van der Waals surface area contributed by atoms with Gasteiger partial charge in [0.25, 0.3) is 0 Å². The highest BCUT2D eigenvalue weighted by Gasteiger charge is 2.14. The summed E-state index contributed by atoms with van der Waals surface area (Å²) >= 11 is 0. The van der Waals surface area contributed by atoms with Crippen molar-refractivity contribution in [3.63, 3.8) is 0 Å². The molecule has 1 N–H and O–H groups in total. The predicted octanol–water partition coefficient (Wildman–Crippen LogP) is 4.86. The van der Waals surface area contributed by atoms with Crippen molar-refractivity contribution < 1.29 is 18.7 Å². The third-order valence-electron chi connectivity index (χ3n) is 4.74. The Kier molecular flexibility index (Phi) is 6.22. The predicted molar refractivity (Wildman–Crippen MR) is 113 cm³/mol. The van der Waals surface area contributed by atoms with Crippen molar-refractivity contribution in [1.29, 1.82) is 0 Å². The second-order valence-electron chi connectivity index (χ2n) is 7.01. The van der Waals surface area contributed by atoms with Crippen LogP contribution in [0.25, 0.3) is 11.3 Å². The first-order valence-electron chi connectivity index (χ1n) is 9.46. The van der Waals surface area contributed by atoms with E-state index in [1.54, 1.807) is 26.5 Å². The van der Waals surface area contributed by atoms with Gasteiger partial charge in [0.2, 0.25) is 5.91 Å². The fraction of sp³-hybridized carbons (Fsp3) is 0.304. The molecule has 0 atom stereocenters. The Balaban J connectivity index is 1.66. The number of benzene rings is 2. The third-order valence-corrected chi connectivity index (χ3v) is 4.74. The molecule has 152 valence electrons. The molecule has 0 saturated heterocycles. The smallest absolute Gasteiger partial charge is 0.224 e. The van der Waals surface area contributed by atoms with Crippen LogP contribution in [0.4, 0.5) is 5.69 Å². The molecule has 1 heterocycles. The van der Waals surface area contributed by atoms with E-state index in [0.29, 0.717) is 29.6 Å². The van der Waals surface area contributed by atoms with Crippen LogP contribution in [-0.2, 0) is 11.2 Å². The number of oxazole rings is 1. The maximum atomic E-state index is 12.4. The van der Waals surface area contributed by atoms with Crippen molar-refractivity contribution in [2.24, 2.45) is 0 Å². The summed E-state index contributed by atoms with van der Waals surface area (Å²) in [5.74, 6) is 2.36. The molecule has 0 radical (unpaired) electrons. The number of methoxy groups -OCH3 is 2. The average molecular weight is 394 g/mol. The van der Waals surface area contributed by atoms with E-state index < -0.39 is 0 Å². The number of rotatable bonds is 7. The van der Waals surface area contributed by atoms with Gasteiger partial charge < -0.3 is 19.2 Å². The van der Waals surface area contributed by atoms with E-state index in [0.717, 1.165) is 22.4 Å². The summed E-state index contributed by atoms with van der Waals surface area (Å²) in [5, 5.41) is 3.00. The van der Waals surface area contributed by atoms with E-state index in [-0.39, 0.29) is 12.3 Å². The van der Waals surface area contributed by atoms with Crippen LogP contribution < -0.4 is 14.8 Å². The lowest BCUT2D eigenvalue weighted by Crippen LogP contribution is -2.14. The minimum absolute atomic E-state index is 0.0677. The molecule has 0 spiro atoms. The van der Waals surface area contributed by atoms with E-state index in [4.69, 9.17) is 13.9 Å². The number of hydrogen-bond donors (Lipinski definition) is 1. The minimum atomic E-state index is -0.0677. The normalized spacial score (nSPS) is 10.7. The number of nitrogens with zero attached hydrogens (tertiary/aromatic N) is 1. The number of anilines is 1. The van der Waals surface area contributed by atoms with Crippen molar-refractivity contribution >= 4 is 11.6 Å². The van der Waals surface area contributed by atoms with Crippen molar-refractivity contribution in [2.75, 3.05) is 19.5 Å². The van der Waals surface area contributed by atoms with Crippen LogP contribution in [0.2, 0.25) is 0 Å². The molecular weight excluding hydrogens is 368 g/mol. The lowest BCUT2D eigenvalue weighted by molar-refractivity contribution is -0.116. The highest BCUT2D eigenvalue weighted by atomic mass is 16.5. The van der Waals surface area contributed by atoms with Gasteiger partial charge in [0, 0.05) is 24.6 Å². The Bertz CT molecular complexity index is 1000. The van der Waals surface area contributed by atoms with Crippen LogP contribution in [0, 0.1) is 20.8 Å². The lowest BCUT2D eigenvalue weighted by Gasteiger charge is -2.12. The number of ether oxygens (including phenoxy) is 2. The SMILES string of the molecule is COc1ccc(-c2cnc(CCC(=O)Nc3c(C)cc(C)cc3C)o2)c(OC)c1. The Morgan fingerprint density at radius 1 is 1.07 bits per heavy atom. The first kappa shape index (κ1) is 20.5. The monoisotopic (exact) mass is 394 g/mol. The zero-order valence-corrected chi connectivity index (χ0v) is 17.5. The molecule has 6 heteroatoms. The van der Waals surface area contributed by atoms with Gasteiger partial charge in [0.05, 0.1) is 26.0 Å². The molecule has 0 aliphatic carbocycles. The van der Waals surface area contributed by atoms with Crippen molar-refractivity contribution in [3.8, 4) is 22.8 Å². The molecule has 0 bridgehead atoms. The van der Waals surface area contributed by atoms with E-state index in [1.807, 2.05) is 32.9 Å². The fourth-order valence-electron chi connectivity index (χ4n) is 3.35. The quantitative estimate of drug-likeness (QED) is 0.620. The maximum Gasteiger partial charge on any atom is 0.224 e. The molecule has 3 rings (SSSR count). The molecule has 0 unspecified atom stereocenters. The molecule has 2 aromatic carbocycles. The van der Waals surface area contributed by atoms with E-state index in [9.17, 15) is 4.79 Å². The number of carbonyl (C=O) groups excluding carboxylic acids is 1. The zero-order valence-electron chi connectivity index (χ0n) is 17.5. The maximum absolute atomic E-state index is 12.4. The number of aryl methyl sites for hydroxylation is 4. The summed E-state index contributed by atoms with van der Waals surface area (Å²) in [5.41, 5.74) is 4.94. The summed E-state index contributed by atoms with van der Waals surface area (Å²) in [6, 6.07) is 9.60. The Morgan fingerprint density at radius 3 is 2.45 bits per heavy atom. The summed E-state index contributed by atoms with van der Waals surface area (Å²) in [6.07, 6.45) is 2.34. The van der Waals surface area contributed by atoms with E-state index >= 15 is 0 Å². The molecule has 1 amide bonds. The summed E-state index contributed by atoms with van der Waals surface area (Å²) < 4.78 is 16.5. The highest BCUT2D eigenvalue weighted by Crippen LogP contribution is 2.33. The summed E-state index contributed by atoms with van der Waals surface area (Å²) in [4.78, 5) is 16.7. The van der Waals surface area contributed by atoms with Crippen LogP contribution in [0.15, 0.2) is 40.9 Å². The number of carbonyl (C=O) groups is 1. The molecule has 0 aliphatic rings. The Morgan fingerprint density at radius 2 is 1.79 bits per heavy atom. The van der Waals surface area contributed by atoms with E-state index in [1.165, 1.54) is 5.56 Å². The standard InChI is InChI=1S/C23H26N2O4/c1-14-10-15(2)23(16(3)11-14)25-21(26)8-9-22-24-13-20(29-22)18-7-6-17(27-4)12-19(18)28-5/h6-7,10-13H,8-9H2,1-5H3,(H,25,26). The zero-order chi connectivity index (χ0) is 21.0. The van der Waals surface area contributed by atoms with Crippen LogP contribution in [0.3, 0.4) is 0 Å². The molecule has 29 heavy (non-hydrogen) atoms. The number of aromatic nitrogens is 1. The third kappa shape index (κ3) is 4.77. The van der Waals surface area contributed by atoms with Crippen molar-refractivity contribution in [1.82, 2.24) is 4.98 Å². The van der Waals surface area contributed by atoms with Crippen molar-refractivity contribution in [3.05, 3.63) is 59.1 Å². The molecule has 6 nitrogen and oxygen atoms in total. The number of amides is 1. The molecule has 1 aromatic heterocycles. The van der Waals surface area contributed by atoms with Gasteiger partial charge in [-0.05, 0) is 44.0 Å². The molecule has 0 fully saturated rings. The van der Waals surface area contributed by atoms with Gasteiger partial charge in [-0.15, -0.1) is 0 Å². The van der Waals surface area contributed by atoms with Gasteiger partial charge in [0.15, 0.2) is 11.7 Å². The largest absolute Gasteiger partial charge is 0.497 e. The van der Waals surface area contributed by atoms with Crippen molar-refractivity contribution in [2.45, 2.75) is 33.6 Å². The Hall–Kier alpha value is -3.28. The topological polar surface area (TPSA) is 73.6 Å².